The lowest BCUT2D eigenvalue weighted by Gasteiger charge is -2.53. The van der Waals surface area contributed by atoms with Gasteiger partial charge in [-0.05, 0) is 42.5 Å². The van der Waals surface area contributed by atoms with Gasteiger partial charge in [0, 0.05) is 5.41 Å². The molecule has 0 fully saturated rings. The molecule has 2 aliphatic rings. The van der Waals surface area contributed by atoms with Crippen LogP contribution in [0.3, 0.4) is 0 Å². The van der Waals surface area contributed by atoms with E-state index in [1.54, 1.807) is 0 Å². The Morgan fingerprint density at radius 1 is 0.773 bits per heavy atom. The third-order valence-electron chi connectivity index (χ3n) is 5.05. The molecule has 0 saturated carbocycles. The summed E-state index contributed by atoms with van der Waals surface area (Å²) in [5, 5.41) is 0. The van der Waals surface area contributed by atoms with Crippen LogP contribution < -0.4 is 0 Å². The van der Waals surface area contributed by atoms with Crippen LogP contribution in [0.2, 0.25) is 0 Å². The van der Waals surface area contributed by atoms with Crippen LogP contribution in [-0.2, 0) is 15.2 Å². The standard InChI is InChI=1S/C20H20O2/c1-19(2)17-13-20(18(17)14-21-22-19,15-9-5-3-6-10-15)16-11-7-4-8-12-16/h3-12H,13-14H2,1-2H3. The molecule has 1 heterocycles. The first-order valence-electron chi connectivity index (χ1n) is 7.79. The molecule has 0 aromatic heterocycles. The second-order valence-electron chi connectivity index (χ2n) is 6.63. The lowest BCUT2D eigenvalue weighted by molar-refractivity contribution is -0.351. The van der Waals surface area contributed by atoms with E-state index < -0.39 is 0 Å². The maximum Gasteiger partial charge on any atom is 0.119 e. The van der Waals surface area contributed by atoms with E-state index in [4.69, 9.17) is 9.78 Å². The molecular weight excluding hydrogens is 272 g/mol. The highest BCUT2D eigenvalue weighted by molar-refractivity contribution is 5.59. The first kappa shape index (κ1) is 13.7. The van der Waals surface area contributed by atoms with E-state index in [9.17, 15) is 0 Å². The van der Waals surface area contributed by atoms with Crippen molar-refractivity contribution in [1.82, 2.24) is 0 Å². The van der Waals surface area contributed by atoms with Gasteiger partial charge in [0.1, 0.15) is 12.2 Å². The molecule has 4 rings (SSSR count). The maximum atomic E-state index is 5.51. The molecular formula is C20H20O2. The third kappa shape index (κ3) is 1.81. The van der Waals surface area contributed by atoms with Crippen LogP contribution in [0.25, 0.3) is 0 Å². The summed E-state index contributed by atoms with van der Waals surface area (Å²) in [4.78, 5) is 11.0. The van der Waals surface area contributed by atoms with Crippen LogP contribution in [0.5, 0.6) is 0 Å². The Bertz CT molecular complexity index is 674. The van der Waals surface area contributed by atoms with Crippen molar-refractivity contribution < 1.29 is 9.78 Å². The van der Waals surface area contributed by atoms with Crippen molar-refractivity contribution in [2.24, 2.45) is 0 Å². The van der Waals surface area contributed by atoms with E-state index in [1.807, 2.05) is 0 Å². The topological polar surface area (TPSA) is 18.5 Å². The molecule has 1 aliphatic carbocycles. The Balaban J connectivity index is 1.93. The fourth-order valence-corrected chi connectivity index (χ4v) is 3.87. The van der Waals surface area contributed by atoms with Crippen LogP contribution in [-0.4, -0.2) is 12.2 Å². The molecule has 0 bridgehead atoms. The van der Waals surface area contributed by atoms with Crippen molar-refractivity contribution in [2.45, 2.75) is 31.3 Å². The van der Waals surface area contributed by atoms with Crippen molar-refractivity contribution in [3.8, 4) is 0 Å². The van der Waals surface area contributed by atoms with E-state index >= 15 is 0 Å². The average Bonchev–Trinajstić information content (AvgIpc) is 2.52. The van der Waals surface area contributed by atoms with E-state index in [2.05, 4.69) is 74.5 Å². The normalized spacial score (nSPS) is 21.9. The Morgan fingerprint density at radius 3 is 1.86 bits per heavy atom. The first-order valence-corrected chi connectivity index (χ1v) is 7.79. The molecule has 2 aromatic carbocycles. The number of rotatable bonds is 2. The van der Waals surface area contributed by atoms with Gasteiger partial charge in [-0.25, -0.2) is 9.78 Å². The molecule has 1 aliphatic heterocycles. The quantitative estimate of drug-likeness (QED) is 0.603. The summed E-state index contributed by atoms with van der Waals surface area (Å²) in [6, 6.07) is 21.5. The summed E-state index contributed by atoms with van der Waals surface area (Å²) >= 11 is 0. The van der Waals surface area contributed by atoms with Crippen LogP contribution in [0.1, 0.15) is 31.4 Å². The Hall–Kier alpha value is -1.90. The zero-order chi connectivity index (χ0) is 15.2. The molecule has 22 heavy (non-hydrogen) atoms. The van der Waals surface area contributed by atoms with Gasteiger partial charge in [0.2, 0.25) is 0 Å². The van der Waals surface area contributed by atoms with Crippen LogP contribution >= 0.6 is 0 Å². The molecule has 2 nitrogen and oxygen atoms in total. The van der Waals surface area contributed by atoms with Crippen molar-refractivity contribution in [3.05, 3.63) is 82.9 Å². The minimum Gasteiger partial charge on any atom is -0.231 e. The number of hydrogen-bond donors (Lipinski definition) is 0. The lowest BCUT2D eigenvalue weighted by Crippen LogP contribution is -2.50. The Labute approximate surface area is 131 Å². The van der Waals surface area contributed by atoms with Crippen molar-refractivity contribution in [1.29, 1.82) is 0 Å². The van der Waals surface area contributed by atoms with Gasteiger partial charge in [-0.3, -0.25) is 0 Å². The fraction of sp³-hybridized carbons (Fsp3) is 0.300. The van der Waals surface area contributed by atoms with E-state index in [1.165, 1.54) is 22.3 Å². The second kappa shape index (κ2) is 4.80. The maximum absolute atomic E-state index is 5.51. The Kier molecular flexibility index (Phi) is 3.00. The van der Waals surface area contributed by atoms with Gasteiger partial charge in [-0.2, -0.15) is 0 Å². The van der Waals surface area contributed by atoms with Crippen LogP contribution in [0.15, 0.2) is 71.8 Å². The van der Waals surface area contributed by atoms with Crippen molar-refractivity contribution >= 4 is 0 Å². The van der Waals surface area contributed by atoms with Crippen molar-refractivity contribution in [2.75, 3.05) is 6.61 Å². The zero-order valence-corrected chi connectivity index (χ0v) is 13.0. The smallest absolute Gasteiger partial charge is 0.119 e. The van der Waals surface area contributed by atoms with E-state index in [0.717, 1.165) is 6.42 Å². The molecule has 0 saturated heterocycles. The lowest BCUT2D eigenvalue weighted by atomic mass is 9.54. The van der Waals surface area contributed by atoms with Gasteiger partial charge >= 0.3 is 0 Å². The van der Waals surface area contributed by atoms with Gasteiger partial charge in [-0.15, -0.1) is 0 Å². The number of hydrogen-bond acceptors (Lipinski definition) is 2. The molecule has 0 spiro atoms. The molecule has 0 unspecified atom stereocenters. The largest absolute Gasteiger partial charge is 0.231 e. The SMILES string of the molecule is CC1(C)OOCC2=C1CC2(c1ccccc1)c1ccccc1. The fourth-order valence-electron chi connectivity index (χ4n) is 3.87. The first-order chi connectivity index (χ1) is 10.6. The zero-order valence-electron chi connectivity index (χ0n) is 13.0. The average molecular weight is 292 g/mol. The Morgan fingerprint density at radius 2 is 1.32 bits per heavy atom. The monoisotopic (exact) mass is 292 g/mol. The summed E-state index contributed by atoms with van der Waals surface area (Å²) in [6.45, 7) is 4.71. The summed E-state index contributed by atoms with van der Waals surface area (Å²) < 4.78 is 0. The van der Waals surface area contributed by atoms with Crippen molar-refractivity contribution in [3.63, 3.8) is 0 Å². The molecule has 0 N–H and O–H groups in total. The van der Waals surface area contributed by atoms with E-state index in [-0.39, 0.29) is 11.0 Å². The number of benzene rings is 2. The van der Waals surface area contributed by atoms with Crippen LogP contribution in [0.4, 0.5) is 0 Å². The predicted octanol–water partition coefficient (Wildman–Crippen LogP) is 4.41. The highest BCUT2D eigenvalue weighted by Crippen LogP contribution is 2.57. The predicted molar refractivity (Wildman–Crippen MR) is 86.4 cm³/mol. The highest BCUT2D eigenvalue weighted by Gasteiger charge is 2.53. The molecule has 2 heteroatoms. The second-order valence-corrected chi connectivity index (χ2v) is 6.63. The minimum absolute atomic E-state index is 0.0705. The van der Waals surface area contributed by atoms with Gasteiger partial charge in [0.25, 0.3) is 0 Å². The van der Waals surface area contributed by atoms with E-state index in [0.29, 0.717) is 6.61 Å². The molecule has 0 amide bonds. The summed E-state index contributed by atoms with van der Waals surface area (Å²) in [5.74, 6) is 0. The highest BCUT2D eigenvalue weighted by atomic mass is 17.2. The molecule has 2 aromatic rings. The molecule has 0 atom stereocenters. The third-order valence-corrected chi connectivity index (χ3v) is 5.05. The molecule has 112 valence electrons. The minimum atomic E-state index is -0.333. The van der Waals surface area contributed by atoms with Gasteiger partial charge in [0.15, 0.2) is 0 Å². The molecule has 0 radical (unpaired) electrons. The van der Waals surface area contributed by atoms with Crippen LogP contribution in [0, 0.1) is 0 Å². The summed E-state index contributed by atoms with van der Waals surface area (Å²) in [7, 11) is 0. The summed E-state index contributed by atoms with van der Waals surface area (Å²) in [6.07, 6.45) is 0.993. The van der Waals surface area contributed by atoms with Gasteiger partial charge in [0.05, 0.1) is 0 Å². The van der Waals surface area contributed by atoms with Gasteiger partial charge in [-0.1, -0.05) is 60.7 Å². The summed E-state index contributed by atoms with van der Waals surface area (Å²) in [5.41, 5.74) is 5.01. The van der Waals surface area contributed by atoms with Gasteiger partial charge < -0.3 is 0 Å².